The van der Waals surface area contributed by atoms with Crippen LogP contribution in [0.25, 0.3) is 0 Å². The first-order chi connectivity index (χ1) is 6.00. The lowest BCUT2D eigenvalue weighted by Gasteiger charge is -2.00. The molecule has 0 saturated heterocycles. The van der Waals surface area contributed by atoms with Gasteiger partial charge in [-0.1, -0.05) is 0 Å². The zero-order valence-corrected chi connectivity index (χ0v) is 7.51. The Bertz CT molecular complexity index is 455. The normalized spacial score (nSPS) is 24.3. The Morgan fingerprint density at radius 1 is 1.46 bits per heavy atom. The van der Waals surface area contributed by atoms with Gasteiger partial charge in [-0.3, -0.25) is 0 Å². The maximum atomic E-state index is 12.7. The maximum Gasteiger partial charge on any atom is 0.180 e. The number of hydrogen-bond donors (Lipinski definition) is 1. The summed E-state index contributed by atoms with van der Waals surface area (Å²) in [5, 5.41) is 0. The van der Waals surface area contributed by atoms with Gasteiger partial charge in [-0.15, -0.1) is 0 Å². The quantitative estimate of drug-likeness (QED) is 0.626. The van der Waals surface area contributed by atoms with Gasteiger partial charge in [0.15, 0.2) is 9.84 Å². The molecule has 3 nitrogen and oxygen atoms in total. The highest BCUT2D eigenvalue weighted by atomic mass is 32.2. The molecule has 1 unspecified atom stereocenters. The number of halogens is 1. The molecular weight excluding hydrogens is 193 g/mol. The molecule has 2 rings (SSSR count). The fraction of sp³-hybridized carbons (Fsp3) is 0.250. The predicted molar refractivity (Wildman–Crippen MR) is 45.4 cm³/mol. The molecule has 5 heteroatoms. The van der Waals surface area contributed by atoms with Crippen molar-refractivity contribution in [2.24, 2.45) is 5.73 Å². The van der Waals surface area contributed by atoms with E-state index in [9.17, 15) is 12.8 Å². The van der Waals surface area contributed by atoms with E-state index >= 15 is 0 Å². The van der Waals surface area contributed by atoms with Crippen LogP contribution in [-0.4, -0.2) is 14.2 Å². The van der Waals surface area contributed by atoms with Gasteiger partial charge < -0.3 is 5.73 Å². The van der Waals surface area contributed by atoms with Crippen molar-refractivity contribution < 1.29 is 12.8 Å². The summed E-state index contributed by atoms with van der Waals surface area (Å²) >= 11 is 0. The first-order valence-corrected chi connectivity index (χ1v) is 5.44. The minimum atomic E-state index is -3.26. The summed E-state index contributed by atoms with van der Waals surface area (Å²) in [6, 6.07) is 3.00. The number of rotatable bonds is 0. The summed E-state index contributed by atoms with van der Waals surface area (Å²) in [4.78, 5) is 0.168. The SMILES string of the molecule is NC1CS(=O)(=O)c2ccc(F)cc21. The molecule has 0 radical (unpaired) electrons. The first kappa shape index (κ1) is 8.65. The second-order valence-corrected chi connectivity index (χ2v) is 5.07. The van der Waals surface area contributed by atoms with Crippen LogP contribution in [0, 0.1) is 5.82 Å². The topological polar surface area (TPSA) is 60.2 Å². The maximum absolute atomic E-state index is 12.7. The van der Waals surface area contributed by atoms with Crippen molar-refractivity contribution in [2.75, 3.05) is 5.75 Å². The molecule has 1 aliphatic heterocycles. The minimum Gasteiger partial charge on any atom is -0.323 e. The van der Waals surface area contributed by atoms with Crippen LogP contribution < -0.4 is 5.73 Å². The Kier molecular flexibility index (Phi) is 1.68. The molecule has 0 saturated carbocycles. The average molecular weight is 201 g/mol. The molecule has 1 aromatic carbocycles. The predicted octanol–water partition coefficient (Wildman–Crippen LogP) is 0.613. The molecule has 1 aromatic rings. The van der Waals surface area contributed by atoms with Crippen molar-refractivity contribution in [2.45, 2.75) is 10.9 Å². The van der Waals surface area contributed by atoms with Crippen molar-refractivity contribution in [3.05, 3.63) is 29.6 Å². The third kappa shape index (κ3) is 1.24. The molecule has 0 spiro atoms. The molecule has 1 atom stereocenters. The van der Waals surface area contributed by atoms with Crippen LogP contribution in [0.4, 0.5) is 4.39 Å². The van der Waals surface area contributed by atoms with Crippen molar-refractivity contribution >= 4 is 9.84 Å². The van der Waals surface area contributed by atoms with Crippen molar-refractivity contribution in [1.29, 1.82) is 0 Å². The van der Waals surface area contributed by atoms with Gasteiger partial charge in [-0.05, 0) is 23.8 Å². The molecule has 0 aromatic heterocycles. The molecule has 1 heterocycles. The first-order valence-electron chi connectivity index (χ1n) is 3.78. The lowest BCUT2D eigenvalue weighted by molar-refractivity contribution is 0.597. The minimum absolute atomic E-state index is 0.119. The highest BCUT2D eigenvalue weighted by Crippen LogP contribution is 2.31. The van der Waals surface area contributed by atoms with Gasteiger partial charge in [0.05, 0.1) is 10.6 Å². The van der Waals surface area contributed by atoms with E-state index in [1.165, 1.54) is 12.1 Å². The summed E-state index contributed by atoms with van der Waals surface area (Å²) in [5.41, 5.74) is 5.93. The summed E-state index contributed by atoms with van der Waals surface area (Å²) in [6.07, 6.45) is 0. The average Bonchev–Trinajstić information content (AvgIpc) is 2.22. The number of nitrogens with two attached hydrogens (primary N) is 1. The molecular formula is C8H8FNO2S. The molecule has 0 bridgehead atoms. The highest BCUT2D eigenvalue weighted by Gasteiger charge is 2.32. The van der Waals surface area contributed by atoms with Crippen LogP contribution in [0.15, 0.2) is 23.1 Å². The van der Waals surface area contributed by atoms with E-state index < -0.39 is 21.7 Å². The summed E-state index contributed by atoms with van der Waals surface area (Å²) in [7, 11) is -3.26. The van der Waals surface area contributed by atoms with Gasteiger partial charge in [-0.25, -0.2) is 12.8 Å². The van der Waals surface area contributed by atoms with Gasteiger partial charge in [0, 0.05) is 6.04 Å². The molecule has 0 amide bonds. The van der Waals surface area contributed by atoms with E-state index in [-0.39, 0.29) is 10.6 Å². The van der Waals surface area contributed by atoms with E-state index in [1.807, 2.05) is 0 Å². The molecule has 70 valence electrons. The Labute approximate surface area is 75.3 Å². The van der Waals surface area contributed by atoms with Crippen LogP contribution in [0.1, 0.15) is 11.6 Å². The monoisotopic (exact) mass is 201 g/mol. The molecule has 0 fully saturated rings. The highest BCUT2D eigenvalue weighted by molar-refractivity contribution is 7.91. The second-order valence-electron chi connectivity index (χ2n) is 3.07. The van der Waals surface area contributed by atoms with Crippen molar-refractivity contribution in [1.82, 2.24) is 0 Å². The van der Waals surface area contributed by atoms with Crippen LogP contribution >= 0.6 is 0 Å². The van der Waals surface area contributed by atoms with Gasteiger partial charge >= 0.3 is 0 Å². The summed E-state index contributed by atoms with van der Waals surface area (Å²) in [6.45, 7) is 0. The summed E-state index contributed by atoms with van der Waals surface area (Å²) < 4.78 is 35.5. The molecule has 13 heavy (non-hydrogen) atoms. The third-order valence-corrected chi connectivity index (χ3v) is 3.95. The van der Waals surface area contributed by atoms with Gasteiger partial charge in [0.2, 0.25) is 0 Å². The van der Waals surface area contributed by atoms with Crippen molar-refractivity contribution in [3.8, 4) is 0 Å². The Hall–Kier alpha value is -0.940. The van der Waals surface area contributed by atoms with Crippen LogP contribution in [0.3, 0.4) is 0 Å². The fourth-order valence-electron chi connectivity index (χ4n) is 1.51. The number of fused-ring (bicyclic) bond motifs is 1. The summed E-state index contributed by atoms with van der Waals surface area (Å²) in [5.74, 6) is -0.572. The standard InChI is InChI=1S/C8H8FNO2S/c9-5-1-2-8-6(3-5)7(10)4-13(8,11)12/h1-3,7H,4,10H2. The van der Waals surface area contributed by atoms with E-state index in [0.29, 0.717) is 5.56 Å². The molecule has 1 aliphatic rings. The van der Waals surface area contributed by atoms with Crippen molar-refractivity contribution in [3.63, 3.8) is 0 Å². The zero-order valence-electron chi connectivity index (χ0n) is 6.70. The Morgan fingerprint density at radius 2 is 2.15 bits per heavy atom. The lowest BCUT2D eigenvalue weighted by Crippen LogP contribution is -2.12. The zero-order chi connectivity index (χ0) is 9.64. The van der Waals surface area contributed by atoms with E-state index in [4.69, 9.17) is 5.73 Å². The third-order valence-electron chi connectivity index (χ3n) is 2.11. The van der Waals surface area contributed by atoms with Crippen LogP contribution in [0.5, 0.6) is 0 Å². The smallest absolute Gasteiger partial charge is 0.180 e. The Morgan fingerprint density at radius 3 is 2.85 bits per heavy atom. The van der Waals surface area contributed by atoms with Crippen LogP contribution in [0.2, 0.25) is 0 Å². The second kappa shape index (κ2) is 2.52. The fourth-order valence-corrected chi connectivity index (χ4v) is 3.18. The largest absolute Gasteiger partial charge is 0.323 e. The molecule has 2 N–H and O–H groups in total. The van der Waals surface area contributed by atoms with Crippen LogP contribution in [-0.2, 0) is 9.84 Å². The number of sulfone groups is 1. The van der Waals surface area contributed by atoms with Gasteiger partial charge in [-0.2, -0.15) is 0 Å². The van der Waals surface area contributed by atoms with Gasteiger partial charge in [0.1, 0.15) is 5.82 Å². The van der Waals surface area contributed by atoms with E-state index in [2.05, 4.69) is 0 Å². The molecule has 0 aliphatic carbocycles. The van der Waals surface area contributed by atoms with E-state index in [1.54, 1.807) is 0 Å². The van der Waals surface area contributed by atoms with Gasteiger partial charge in [0.25, 0.3) is 0 Å². The Balaban J connectivity index is 2.73. The van der Waals surface area contributed by atoms with E-state index in [0.717, 1.165) is 6.07 Å². The lowest BCUT2D eigenvalue weighted by atomic mass is 10.1. The number of benzene rings is 1. The number of hydrogen-bond acceptors (Lipinski definition) is 3.